The summed E-state index contributed by atoms with van der Waals surface area (Å²) < 4.78 is 7.26. The molecule has 1 N–H and O–H groups in total. The van der Waals surface area contributed by atoms with Crippen molar-refractivity contribution in [1.29, 1.82) is 0 Å². The lowest BCUT2D eigenvalue weighted by atomic mass is 9.98. The number of nitrogens with one attached hydrogen (secondary N) is 1. The normalized spacial score (nSPS) is 16.5. The molecule has 0 saturated carbocycles. The van der Waals surface area contributed by atoms with Crippen molar-refractivity contribution in [2.45, 2.75) is 19.8 Å². The van der Waals surface area contributed by atoms with Crippen LogP contribution >= 0.6 is 0 Å². The summed E-state index contributed by atoms with van der Waals surface area (Å²) >= 11 is 0. The number of aryl methyl sites for hydroxylation is 1. The highest BCUT2D eigenvalue weighted by atomic mass is 16.3. The number of nitrogens with zero attached hydrogens (tertiary/aromatic N) is 6. The zero-order valence-corrected chi connectivity index (χ0v) is 17.2. The number of aromatic nitrogens is 5. The molecule has 158 valence electrons. The van der Waals surface area contributed by atoms with Crippen LogP contribution in [0, 0.1) is 12.8 Å². The highest BCUT2D eigenvalue weighted by molar-refractivity contribution is 5.95. The Morgan fingerprint density at radius 2 is 2.26 bits per heavy atom. The second kappa shape index (κ2) is 8.17. The van der Waals surface area contributed by atoms with Gasteiger partial charge in [0, 0.05) is 32.0 Å². The molecule has 4 aromatic heterocycles. The molecule has 1 aliphatic heterocycles. The van der Waals surface area contributed by atoms with Crippen molar-refractivity contribution < 1.29 is 9.21 Å². The van der Waals surface area contributed by atoms with Crippen molar-refractivity contribution in [2.24, 2.45) is 5.92 Å². The van der Waals surface area contributed by atoms with E-state index in [0.717, 1.165) is 43.1 Å². The molecule has 0 aliphatic carbocycles. The molecule has 0 unspecified atom stereocenters. The number of hydrogen-bond acceptors (Lipinski definition) is 7. The minimum atomic E-state index is -0.106. The monoisotopic (exact) mass is 417 g/mol. The Kier molecular flexibility index (Phi) is 5.07. The van der Waals surface area contributed by atoms with Crippen LogP contribution in [-0.2, 0) is 0 Å². The van der Waals surface area contributed by atoms with Crippen molar-refractivity contribution >= 4 is 17.4 Å². The van der Waals surface area contributed by atoms with Crippen LogP contribution in [0.3, 0.4) is 0 Å². The third kappa shape index (κ3) is 3.86. The number of anilines is 1. The highest BCUT2D eigenvalue weighted by Gasteiger charge is 2.24. The molecular weight excluding hydrogens is 394 g/mol. The summed E-state index contributed by atoms with van der Waals surface area (Å²) in [4.78, 5) is 24.0. The summed E-state index contributed by atoms with van der Waals surface area (Å²) in [6.45, 7) is 4.18. The molecule has 1 saturated heterocycles. The Labute approximate surface area is 179 Å². The summed E-state index contributed by atoms with van der Waals surface area (Å²) in [7, 11) is 0. The van der Waals surface area contributed by atoms with Crippen molar-refractivity contribution in [3.8, 4) is 11.5 Å². The van der Waals surface area contributed by atoms with Crippen LogP contribution in [0.5, 0.6) is 0 Å². The number of hydrogen-bond donors (Lipinski definition) is 1. The summed E-state index contributed by atoms with van der Waals surface area (Å²) in [6, 6.07) is 7.29. The van der Waals surface area contributed by atoms with Crippen LogP contribution < -0.4 is 10.2 Å². The average Bonchev–Trinajstić information content (AvgIpc) is 3.49. The summed E-state index contributed by atoms with van der Waals surface area (Å²) in [5.74, 6) is 1.75. The molecule has 5 heterocycles. The minimum Gasteiger partial charge on any atom is -0.463 e. The Morgan fingerprint density at radius 1 is 1.32 bits per heavy atom. The van der Waals surface area contributed by atoms with E-state index in [4.69, 9.17) is 4.42 Å². The van der Waals surface area contributed by atoms with Gasteiger partial charge in [-0.15, -0.1) is 10.2 Å². The van der Waals surface area contributed by atoms with Crippen LogP contribution in [0.25, 0.3) is 17.1 Å². The molecule has 1 fully saturated rings. The fourth-order valence-corrected chi connectivity index (χ4v) is 4.09. The van der Waals surface area contributed by atoms with Gasteiger partial charge in [0.2, 0.25) is 5.65 Å². The molecule has 31 heavy (non-hydrogen) atoms. The van der Waals surface area contributed by atoms with Gasteiger partial charge in [-0.1, -0.05) is 0 Å². The fourth-order valence-electron chi connectivity index (χ4n) is 4.09. The van der Waals surface area contributed by atoms with Gasteiger partial charge in [0.05, 0.1) is 17.5 Å². The first-order valence-corrected chi connectivity index (χ1v) is 10.4. The predicted octanol–water partition coefficient (Wildman–Crippen LogP) is 2.73. The zero-order valence-electron chi connectivity index (χ0n) is 17.2. The van der Waals surface area contributed by atoms with E-state index in [2.05, 4.69) is 30.4 Å². The molecule has 1 atom stereocenters. The number of carbonyl (C=O) groups is 1. The van der Waals surface area contributed by atoms with Crippen molar-refractivity contribution in [3.63, 3.8) is 0 Å². The third-order valence-electron chi connectivity index (χ3n) is 5.67. The van der Waals surface area contributed by atoms with E-state index < -0.39 is 0 Å². The van der Waals surface area contributed by atoms with Crippen LogP contribution in [-0.4, -0.2) is 50.1 Å². The van der Waals surface area contributed by atoms with Crippen molar-refractivity contribution in [1.82, 2.24) is 29.9 Å². The standard InChI is InChI=1S/C22H23N7O2/c1-15-17(6-7-18(26-15)19-5-3-11-31-19)22(30)24-12-16-4-2-9-28(13-16)20-21-27-25-14-29(21)10-8-23-20/h3,5-8,10-11,14,16H,2,4,9,12-13H2,1H3,(H,24,30)/t16-/m1/s1. The molecular formula is C22H23N7O2. The van der Waals surface area contributed by atoms with E-state index >= 15 is 0 Å². The lowest BCUT2D eigenvalue weighted by Crippen LogP contribution is -2.41. The zero-order chi connectivity index (χ0) is 21.2. The number of amides is 1. The van der Waals surface area contributed by atoms with Gasteiger partial charge in [0.15, 0.2) is 11.6 Å². The average molecular weight is 417 g/mol. The summed E-state index contributed by atoms with van der Waals surface area (Å²) in [6.07, 6.45) is 8.99. The first-order chi connectivity index (χ1) is 15.2. The maximum atomic E-state index is 12.8. The number of piperidine rings is 1. The van der Waals surface area contributed by atoms with Gasteiger partial charge in [-0.05, 0) is 49.9 Å². The predicted molar refractivity (Wildman–Crippen MR) is 115 cm³/mol. The number of carbonyl (C=O) groups excluding carboxylic acids is 1. The van der Waals surface area contributed by atoms with Crippen LogP contribution in [0.4, 0.5) is 5.82 Å². The van der Waals surface area contributed by atoms with Gasteiger partial charge in [-0.2, -0.15) is 0 Å². The van der Waals surface area contributed by atoms with Gasteiger partial charge in [0.25, 0.3) is 5.91 Å². The van der Waals surface area contributed by atoms with Gasteiger partial charge in [-0.25, -0.2) is 9.97 Å². The Morgan fingerprint density at radius 3 is 3.10 bits per heavy atom. The molecule has 0 aromatic carbocycles. The Bertz CT molecular complexity index is 1200. The van der Waals surface area contributed by atoms with Crippen LogP contribution in [0.2, 0.25) is 0 Å². The van der Waals surface area contributed by atoms with E-state index in [-0.39, 0.29) is 5.91 Å². The van der Waals surface area contributed by atoms with Crippen LogP contribution in [0.1, 0.15) is 28.9 Å². The lowest BCUT2D eigenvalue weighted by molar-refractivity contribution is 0.0944. The van der Waals surface area contributed by atoms with E-state index in [9.17, 15) is 4.79 Å². The quantitative estimate of drug-likeness (QED) is 0.533. The van der Waals surface area contributed by atoms with Crippen molar-refractivity contribution in [2.75, 3.05) is 24.5 Å². The number of fused-ring (bicyclic) bond motifs is 1. The Hall–Kier alpha value is -3.75. The van der Waals surface area contributed by atoms with E-state index in [0.29, 0.717) is 29.5 Å². The number of furan rings is 1. The largest absolute Gasteiger partial charge is 0.463 e. The minimum absolute atomic E-state index is 0.106. The molecule has 4 aromatic rings. The second-order valence-electron chi connectivity index (χ2n) is 7.78. The molecule has 0 bridgehead atoms. The maximum Gasteiger partial charge on any atom is 0.253 e. The van der Waals surface area contributed by atoms with Gasteiger partial charge in [0.1, 0.15) is 12.0 Å². The maximum absolute atomic E-state index is 12.8. The second-order valence-corrected chi connectivity index (χ2v) is 7.78. The first-order valence-electron chi connectivity index (χ1n) is 10.4. The molecule has 0 radical (unpaired) electrons. The fraction of sp³-hybridized carbons (Fsp3) is 0.318. The summed E-state index contributed by atoms with van der Waals surface area (Å²) in [5.41, 5.74) is 2.74. The van der Waals surface area contributed by atoms with Gasteiger partial charge < -0.3 is 14.6 Å². The smallest absolute Gasteiger partial charge is 0.253 e. The summed E-state index contributed by atoms with van der Waals surface area (Å²) in [5, 5.41) is 11.3. The van der Waals surface area contributed by atoms with Gasteiger partial charge >= 0.3 is 0 Å². The SMILES string of the molecule is Cc1nc(-c2ccco2)ccc1C(=O)NC[C@H]1CCCN(c2nccn3cnnc23)C1. The first kappa shape index (κ1) is 19.2. The molecule has 0 spiro atoms. The van der Waals surface area contributed by atoms with Crippen molar-refractivity contribution in [3.05, 3.63) is 60.5 Å². The third-order valence-corrected chi connectivity index (χ3v) is 5.67. The molecule has 1 aliphatic rings. The van der Waals surface area contributed by atoms with E-state index in [1.165, 1.54) is 0 Å². The lowest BCUT2D eigenvalue weighted by Gasteiger charge is -2.33. The van der Waals surface area contributed by atoms with Gasteiger partial charge in [-0.3, -0.25) is 9.20 Å². The van der Waals surface area contributed by atoms with E-state index in [1.54, 1.807) is 24.9 Å². The topological polar surface area (TPSA) is 101 Å². The number of pyridine rings is 1. The van der Waals surface area contributed by atoms with Crippen LogP contribution in [0.15, 0.2) is 53.7 Å². The highest BCUT2D eigenvalue weighted by Crippen LogP contribution is 2.24. The molecule has 9 heteroatoms. The Balaban J connectivity index is 1.24. The molecule has 9 nitrogen and oxygen atoms in total. The molecule has 1 amide bonds. The molecule has 5 rings (SSSR count). The number of rotatable bonds is 5. The van der Waals surface area contributed by atoms with E-state index in [1.807, 2.05) is 35.7 Å².